The van der Waals surface area contributed by atoms with Gasteiger partial charge in [-0.2, -0.15) is 5.10 Å². The van der Waals surface area contributed by atoms with E-state index in [2.05, 4.69) is 20.4 Å². The van der Waals surface area contributed by atoms with Crippen LogP contribution in [0.25, 0.3) is 0 Å². The van der Waals surface area contributed by atoms with Gasteiger partial charge in [0.1, 0.15) is 5.15 Å². The monoisotopic (exact) mass is 251 g/mol. The van der Waals surface area contributed by atoms with Gasteiger partial charge in [0.15, 0.2) is 0 Å². The normalized spacial score (nSPS) is 10.2. The van der Waals surface area contributed by atoms with Gasteiger partial charge in [-0.25, -0.2) is 9.97 Å². The number of nitrogens with zero attached hydrogens (tertiary/aromatic N) is 4. The van der Waals surface area contributed by atoms with Crippen molar-refractivity contribution in [1.82, 2.24) is 19.7 Å². The molecular formula is C10H10ClN5O. The van der Waals surface area contributed by atoms with E-state index in [1.165, 1.54) is 6.20 Å². The summed E-state index contributed by atoms with van der Waals surface area (Å²) in [4.78, 5) is 19.3. The zero-order valence-electron chi connectivity index (χ0n) is 8.88. The minimum Gasteiger partial charge on any atom is -0.294 e. The van der Waals surface area contributed by atoms with Gasteiger partial charge < -0.3 is 0 Å². The smallest absolute Gasteiger partial charge is 0.230 e. The Hall–Kier alpha value is -1.95. The molecular weight excluding hydrogens is 242 g/mol. The molecule has 0 saturated heterocycles. The highest BCUT2D eigenvalue weighted by Crippen LogP contribution is 2.05. The zero-order valence-corrected chi connectivity index (χ0v) is 9.63. The van der Waals surface area contributed by atoms with Crippen LogP contribution in [-0.4, -0.2) is 25.7 Å². The fourth-order valence-corrected chi connectivity index (χ4v) is 1.37. The second kappa shape index (κ2) is 5.40. The molecule has 0 aliphatic heterocycles. The summed E-state index contributed by atoms with van der Waals surface area (Å²) in [5.74, 6) is 0.0331. The molecule has 88 valence electrons. The van der Waals surface area contributed by atoms with E-state index in [4.69, 9.17) is 11.6 Å². The number of anilines is 1. The average molecular weight is 252 g/mol. The molecule has 7 heteroatoms. The van der Waals surface area contributed by atoms with Crippen LogP contribution in [0.4, 0.5) is 5.95 Å². The standard InChI is InChI=1S/C10H10ClN5O/c11-8-2-5-12-10(14-8)15-9(17)3-7-16-6-1-4-13-16/h1-2,4-6H,3,7H2,(H,12,14,15,17). The maximum absolute atomic E-state index is 11.5. The van der Waals surface area contributed by atoms with Gasteiger partial charge in [-0.15, -0.1) is 0 Å². The summed E-state index contributed by atoms with van der Waals surface area (Å²) in [6.45, 7) is 0.513. The molecule has 0 spiro atoms. The molecule has 0 saturated carbocycles. The first-order chi connectivity index (χ1) is 8.24. The predicted octanol–water partition coefficient (Wildman–Crippen LogP) is 1.36. The van der Waals surface area contributed by atoms with Crippen LogP contribution in [0.15, 0.2) is 30.7 Å². The van der Waals surface area contributed by atoms with Gasteiger partial charge in [0.05, 0.1) is 0 Å². The number of carbonyl (C=O) groups is 1. The van der Waals surface area contributed by atoms with Crippen LogP contribution in [0.3, 0.4) is 0 Å². The molecule has 0 fully saturated rings. The Morgan fingerprint density at radius 1 is 1.47 bits per heavy atom. The number of aromatic nitrogens is 4. The average Bonchev–Trinajstić information content (AvgIpc) is 2.79. The van der Waals surface area contributed by atoms with Crippen molar-refractivity contribution in [2.75, 3.05) is 5.32 Å². The van der Waals surface area contributed by atoms with Crippen LogP contribution in [0.5, 0.6) is 0 Å². The van der Waals surface area contributed by atoms with Crippen molar-refractivity contribution in [2.24, 2.45) is 0 Å². The van der Waals surface area contributed by atoms with E-state index in [0.717, 1.165) is 0 Å². The van der Waals surface area contributed by atoms with Gasteiger partial charge in [0.25, 0.3) is 0 Å². The van der Waals surface area contributed by atoms with Crippen LogP contribution < -0.4 is 5.32 Å². The second-order valence-corrected chi connectivity index (χ2v) is 3.66. The lowest BCUT2D eigenvalue weighted by Crippen LogP contribution is -2.16. The van der Waals surface area contributed by atoms with Gasteiger partial charge in [-0.05, 0) is 12.1 Å². The van der Waals surface area contributed by atoms with Crippen molar-refractivity contribution in [3.63, 3.8) is 0 Å². The molecule has 0 unspecified atom stereocenters. The van der Waals surface area contributed by atoms with Crippen LogP contribution >= 0.6 is 11.6 Å². The highest BCUT2D eigenvalue weighted by atomic mass is 35.5. The molecule has 2 rings (SSSR count). The summed E-state index contributed by atoms with van der Waals surface area (Å²) in [6.07, 6.45) is 5.25. The van der Waals surface area contributed by atoms with Gasteiger partial charge in [-0.3, -0.25) is 14.8 Å². The fraction of sp³-hybridized carbons (Fsp3) is 0.200. The minimum absolute atomic E-state index is 0.178. The first-order valence-electron chi connectivity index (χ1n) is 5.00. The first-order valence-corrected chi connectivity index (χ1v) is 5.37. The largest absolute Gasteiger partial charge is 0.294 e. The summed E-state index contributed by atoms with van der Waals surface area (Å²) >= 11 is 5.67. The second-order valence-electron chi connectivity index (χ2n) is 3.27. The highest BCUT2D eigenvalue weighted by Gasteiger charge is 2.05. The first kappa shape index (κ1) is 11.5. The quantitative estimate of drug-likeness (QED) is 0.833. The molecule has 0 aromatic carbocycles. The summed E-state index contributed by atoms with van der Waals surface area (Å²) < 4.78 is 1.68. The molecule has 17 heavy (non-hydrogen) atoms. The topological polar surface area (TPSA) is 72.7 Å². The molecule has 0 radical (unpaired) electrons. The van der Waals surface area contributed by atoms with Gasteiger partial charge in [0.2, 0.25) is 11.9 Å². The van der Waals surface area contributed by atoms with E-state index >= 15 is 0 Å². The van der Waals surface area contributed by atoms with Crippen molar-refractivity contribution >= 4 is 23.5 Å². The van der Waals surface area contributed by atoms with Gasteiger partial charge in [-0.1, -0.05) is 11.6 Å². The number of rotatable bonds is 4. The SMILES string of the molecule is O=C(CCn1cccn1)Nc1nccc(Cl)n1. The highest BCUT2D eigenvalue weighted by molar-refractivity contribution is 6.29. The third kappa shape index (κ3) is 3.53. The number of halogens is 1. The van der Waals surface area contributed by atoms with Crippen LogP contribution in [0.2, 0.25) is 5.15 Å². The number of hydrogen-bond acceptors (Lipinski definition) is 4. The Morgan fingerprint density at radius 3 is 3.06 bits per heavy atom. The lowest BCUT2D eigenvalue weighted by Gasteiger charge is -2.03. The molecule has 1 N–H and O–H groups in total. The number of hydrogen-bond donors (Lipinski definition) is 1. The Kier molecular flexibility index (Phi) is 3.66. The Balaban J connectivity index is 1.85. The van der Waals surface area contributed by atoms with Crippen molar-refractivity contribution in [2.45, 2.75) is 13.0 Å². The third-order valence-electron chi connectivity index (χ3n) is 2.00. The summed E-state index contributed by atoms with van der Waals surface area (Å²) in [6, 6.07) is 3.35. The minimum atomic E-state index is -0.178. The molecule has 2 heterocycles. The molecule has 6 nitrogen and oxygen atoms in total. The molecule has 0 aliphatic carbocycles. The molecule has 2 aromatic heterocycles. The van der Waals surface area contributed by atoms with Crippen LogP contribution in [0, 0.1) is 0 Å². The summed E-state index contributed by atoms with van der Waals surface area (Å²) in [5.41, 5.74) is 0. The van der Waals surface area contributed by atoms with Gasteiger partial charge >= 0.3 is 0 Å². The zero-order chi connectivity index (χ0) is 12.1. The van der Waals surface area contributed by atoms with Crippen molar-refractivity contribution in [3.05, 3.63) is 35.9 Å². The van der Waals surface area contributed by atoms with E-state index in [1.807, 2.05) is 0 Å². The van der Waals surface area contributed by atoms with E-state index in [-0.39, 0.29) is 11.9 Å². The van der Waals surface area contributed by atoms with Crippen LogP contribution in [0.1, 0.15) is 6.42 Å². The number of carbonyl (C=O) groups excluding carboxylic acids is 1. The van der Waals surface area contributed by atoms with E-state index in [9.17, 15) is 4.79 Å². The lowest BCUT2D eigenvalue weighted by molar-refractivity contribution is -0.116. The van der Waals surface area contributed by atoms with E-state index in [0.29, 0.717) is 18.1 Å². The molecule has 0 aliphatic rings. The molecule has 1 amide bonds. The van der Waals surface area contributed by atoms with Gasteiger partial charge in [0, 0.05) is 31.6 Å². The maximum atomic E-state index is 11.5. The Morgan fingerprint density at radius 2 is 2.35 bits per heavy atom. The number of nitrogens with one attached hydrogen (secondary N) is 1. The lowest BCUT2D eigenvalue weighted by atomic mass is 10.4. The molecule has 2 aromatic rings. The number of aryl methyl sites for hydroxylation is 1. The summed E-state index contributed by atoms with van der Waals surface area (Å²) in [5, 5.41) is 6.85. The van der Waals surface area contributed by atoms with Crippen molar-refractivity contribution < 1.29 is 4.79 Å². The van der Waals surface area contributed by atoms with E-state index < -0.39 is 0 Å². The molecule has 0 atom stereocenters. The fourth-order valence-electron chi connectivity index (χ4n) is 1.23. The summed E-state index contributed by atoms with van der Waals surface area (Å²) in [7, 11) is 0. The van der Waals surface area contributed by atoms with Crippen LogP contribution in [-0.2, 0) is 11.3 Å². The Bertz CT molecular complexity index is 499. The van der Waals surface area contributed by atoms with Crippen molar-refractivity contribution in [3.8, 4) is 0 Å². The maximum Gasteiger partial charge on any atom is 0.230 e. The molecule has 0 bridgehead atoms. The van der Waals surface area contributed by atoms with Crippen molar-refractivity contribution in [1.29, 1.82) is 0 Å². The third-order valence-corrected chi connectivity index (χ3v) is 2.21. The number of amides is 1. The predicted molar refractivity (Wildman–Crippen MR) is 62.5 cm³/mol. The Labute approximate surface area is 103 Å². The van der Waals surface area contributed by atoms with E-state index in [1.54, 1.807) is 29.2 Å².